The average Bonchev–Trinajstić information content (AvgIpc) is 3.19. The largest absolute Gasteiger partial charge is 0.497 e. The van der Waals surface area contributed by atoms with Crippen molar-refractivity contribution in [3.05, 3.63) is 35.6 Å². The SMILES string of the molecule is CCCCCCCCCC(=O)CCCNCC[C@H](N)C(=O)C[C@H](CCNC(=O)C1C=C2C=CC(OC)=CC2OC1=O)C(=O)NCC[C@@H](CC(=O)CCCC(=O)O)C(=O)O. The van der Waals surface area contributed by atoms with Crippen molar-refractivity contribution in [2.24, 2.45) is 23.5 Å². The molecule has 7 N–H and O–H groups in total. The molecule has 0 fully saturated rings. The van der Waals surface area contributed by atoms with Crippen molar-refractivity contribution in [3.8, 4) is 0 Å². The van der Waals surface area contributed by atoms with Crippen LogP contribution in [0.2, 0.25) is 0 Å². The van der Waals surface area contributed by atoms with Gasteiger partial charge in [0.15, 0.2) is 5.92 Å². The first kappa shape index (κ1) is 50.4. The summed E-state index contributed by atoms with van der Waals surface area (Å²) in [7, 11) is 1.48. The van der Waals surface area contributed by atoms with E-state index in [-0.39, 0.29) is 70.2 Å². The van der Waals surface area contributed by atoms with Crippen molar-refractivity contribution < 1.29 is 58.0 Å². The molecule has 2 rings (SSSR count). The van der Waals surface area contributed by atoms with Gasteiger partial charge in [0.2, 0.25) is 11.8 Å². The molecule has 2 amide bonds. The number of unbranched alkanes of at least 4 members (excludes halogenated alkanes) is 6. The van der Waals surface area contributed by atoms with Gasteiger partial charge < -0.3 is 41.4 Å². The maximum atomic E-state index is 13.4. The van der Waals surface area contributed by atoms with E-state index in [4.69, 9.17) is 20.3 Å². The maximum Gasteiger partial charge on any atom is 0.323 e. The number of hydrogen-bond acceptors (Lipinski definition) is 12. The number of methoxy groups -OCH3 is 1. The van der Waals surface area contributed by atoms with E-state index >= 15 is 0 Å². The molecule has 0 aromatic carbocycles. The molecule has 0 bridgehead atoms. The van der Waals surface area contributed by atoms with E-state index in [9.17, 15) is 43.5 Å². The smallest absolute Gasteiger partial charge is 0.323 e. The zero-order valence-electron chi connectivity index (χ0n) is 34.8. The van der Waals surface area contributed by atoms with Gasteiger partial charge in [0.1, 0.15) is 29.2 Å². The van der Waals surface area contributed by atoms with Gasteiger partial charge in [-0.25, -0.2) is 0 Å². The highest BCUT2D eigenvalue weighted by atomic mass is 16.5. The molecule has 1 aliphatic carbocycles. The van der Waals surface area contributed by atoms with Crippen LogP contribution in [0.25, 0.3) is 0 Å². The van der Waals surface area contributed by atoms with Gasteiger partial charge in [-0.1, -0.05) is 57.6 Å². The molecule has 59 heavy (non-hydrogen) atoms. The number of aliphatic carboxylic acids is 2. The number of rotatable bonds is 34. The summed E-state index contributed by atoms with van der Waals surface area (Å²) in [6.45, 7) is 2.99. The highest BCUT2D eigenvalue weighted by molar-refractivity contribution is 6.01. The Hall–Kier alpha value is -4.70. The maximum absolute atomic E-state index is 13.4. The quantitative estimate of drug-likeness (QED) is 0.0306. The van der Waals surface area contributed by atoms with Crippen molar-refractivity contribution in [3.63, 3.8) is 0 Å². The summed E-state index contributed by atoms with van der Waals surface area (Å²) < 4.78 is 10.6. The summed E-state index contributed by atoms with van der Waals surface area (Å²) >= 11 is 0. The second kappa shape index (κ2) is 28.7. The summed E-state index contributed by atoms with van der Waals surface area (Å²) in [4.78, 5) is 99.5. The molecule has 16 nitrogen and oxygen atoms in total. The van der Waals surface area contributed by atoms with Crippen molar-refractivity contribution >= 4 is 47.1 Å². The predicted molar refractivity (Wildman–Crippen MR) is 219 cm³/mol. The van der Waals surface area contributed by atoms with Crippen LogP contribution in [0.5, 0.6) is 0 Å². The van der Waals surface area contributed by atoms with Crippen molar-refractivity contribution in [1.82, 2.24) is 16.0 Å². The van der Waals surface area contributed by atoms with E-state index < -0.39 is 71.2 Å². The number of carboxylic acids is 2. The summed E-state index contributed by atoms with van der Waals surface area (Å²) in [6.07, 6.45) is 15.0. The number of carboxylic acid groups (broad SMARTS) is 2. The number of carbonyl (C=O) groups is 8. The molecule has 0 aromatic rings. The molecule has 2 unspecified atom stereocenters. The number of nitrogens with one attached hydrogen (secondary N) is 3. The minimum atomic E-state index is -1.24. The fraction of sp³-hybridized carbons (Fsp3) is 0.674. The molecule has 0 radical (unpaired) electrons. The topological polar surface area (TPSA) is 258 Å². The van der Waals surface area contributed by atoms with E-state index in [0.717, 1.165) is 19.3 Å². The Morgan fingerprint density at radius 2 is 1.41 bits per heavy atom. The number of Topliss-reactive ketones (excluding diaryl/α,β-unsaturated/α-hetero) is 3. The number of hydrogen-bond donors (Lipinski definition) is 6. The second-order valence-corrected chi connectivity index (χ2v) is 15.3. The lowest BCUT2D eigenvalue weighted by atomic mass is 9.92. The third-order valence-electron chi connectivity index (χ3n) is 10.4. The molecular weight excluding hydrogens is 764 g/mol. The molecule has 16 heteroatoms. The van der Waals surface area contributed by atoms with Gasteiger partial charge in [-0.3, -0.25) is 38.4 Å². The number of ether oxygens (including phenoxy) is 2. The number of esters is 1. The lowest BCUT2D eigenvalue weighted by Gasteiger charge is -2.27. The standard InChI is InChI=1S/C43H66N4O12/c1-3-4-5-6-7-8-9-12-32(48)14-11-21-45-22-20-36(44)37(50)27-30(40(53)46-24-19-31(42(55)56)25-33(49)13-10-15-39(51)52)18-23-47-41(54)35-26-29-16-17-34(58-2)28-38(29)59-43(35)57/h16-17,26,28,30-31,35-36,38,45H,3-15,18-25,27,44H2,1-2H3,(H,46,53)(H,47,54)(H,51,52)(H,55,56)/t30-,31-,35?,36-,38?/m0/s1. The Morgan fingerprint density at radius 1 is 0.746 bits per heavy atom. The molecule has 1 heterocycles. The van der Waals surface area contributed by atoms with Crippen molar-refractivity contribution in [2.75, 3.05) is 33.3 Å². The van der Waals surface area contributed by atoms with E-state index in [1.165, 1.54) is 38.9 Å². The molecular formula is C43H66N4O12. The Kier molecular flexibility index (Phi) is 24.5. The van der Waals surface area contributed by atoms with Gasteiger partial charge in [-0.15, -0.1) is 0 Å². The summed E-state index contributed by atoms with van der Waals surface area (Å²) in [6, 6.07) is -0.900. The highest BCUT2D eigenvalue weighted by Gasteiger charge is 2.35. The normalized spacial score (nSPS) is 17.3. The minimum Gasteiger partial charge on any atom is -0.497 e. The summed E-state index contributed by atoms with van der Waals surface area (Å²) in [5.41, 5.74) is 6.82. The monoisotopic (exact) mass is 830 g/mol. The molecule has 0 spiro atoms. The van der Waals surface area contributed by atoms with E-state index in [0.29, 0.717) is 43.7 Å². The van der Waals surface area contributed by atoms with Crippen LogP contribution >= 0.6 is 0 Å². The van der Waals surface area contributed by atoms with Gasteiger partial charge in [-0.2, -0.15) is 0 Å². The Labute approximate surface area is 347 Å². The number of nitrogens with two attached hydrogens (primary N) is 1. The fourth-order valence-electron chi connectivity index (χ4n) is 6.80. The fourth-order valence-corrected chi connectivity index (χ4v) is 6.80. The Balaban J connectivity index is 1.91. The minimum absolute atomic E-state index is 0.00754. The van der Waals surface area contributed by atoms with Crippen molar-refractivity contribution in [1.29, 1.82) is 0 Å². The lowest BCUT2D eigenvalue weighted by molar-refractivity contribution is -0.153. The van der Waals surface area contributed by atoms with Crippen LogP contribution in [0.1, 0.15) is 122 Å². The highest BCUT2D eigenvalue weighted by Crippen LogP contribution is 2.27. The van der Waals surface area contributed by atoms with Gasteiger partial charge in [0.25, 0.3) is 0 Å². The van der Waals surface area contributed by atoms with Crippen LogP contribution in [-0.2, 0) is 47.8 Å². The van der Waals surface area contributed by atoms with Crippen LogP contribution in [0.3, 0.4) is 0 Å². The van der Waals surface area contributed by atoms with Crippen LogP contribution in [-0.4, -0.2) is 103 Å². The number of allylic oxidation sites excluding steroid dienone is 1. The van der Waals surface area contributed by atoms with Gasteiger partial charge in [-0.05, 0) is 63.3 Å². The molecule has 0 aromatic heterocycles. The molecule has 2 aliphatic rings. The molecule has 5 atom stereocenters. The number of carbonyl (C=O) groups excluding carboxylic acids is 6. The van der Waals surface area contributed by atoms with Gasteiger partial charge in [0.05, 0.1) is 19.1 Å². The van der Waals surface area contributed by atoms with E-state index in [1.54, 1.807) is 18.2 Å². The third kappa shape index (κ3) is 20.7. The van der Waals surface area contributed by atoms with Crippen LogP contribution in [0.4, 0.5) is 0 Å². The first-order chi connectivity index (χ1) is 28.2. The first-order valence-electron chi connectivity index (χ1n) is 21.1. The van der Waals surface area contributed by atoms with Crippen LogP contribution < -0.4 is 21.7 Å². The summed E-state index contributed by atoms with van der Waals surface area (Å²) in [5.74, 6) is -7.64. The number of fused-ring (bicyclic) bond motifs is 1. The number of amides is 2. The second-order valence-electron chi connectivity index (χ2n) is 15.3. The lowest BCUT2D eigenvalue weighted by Crippen LogP contribution is -2.42. The Morgan fingerprint density at radius 3 is 2.10 bits per heavy atom. The third-order valence-corrected chi connectivity index (χ3v) is 10.4. The first-order valence-corrected chi connectivity index (χ1v) is 21.1. The number of ketones is 3. The zero-order valence-corrected chi connectivity index (χ0v) is 34.8. The zero-order chi connectivity index (χ0) is 43.6. The molecule has 0 saturated heterocycles. The average molecular weight is 831 g/mol. The molecule has 330 valence electrons. The van der Waals surface area contributed by atoms with Crippen LogP contribution in [0, 0.1) is 17.8 Å². The van der Waals surface area contributed by atoms with Crippen molar-refractivity contribution in [2.45, 2.75) is 135 Å². The van der Waals surface area contributed by atoms with E-state index in [2.05, 4.69) is 22.9 Å². The molecule has 1 aliphatic heterocycles. The summed E-state index contributed by atoms with van der Waals surface area (Å²) in [5, 5.41) is 27.0. The van der Waals surface area contributed by atoms with Gasteiger partial charge >= 0.3 is 17.9 Å². The Bertz CT molecular complexity index is 1520. The predicted octanol–water partition coefficient (Wildman–Crippen LogP) is 3.85. The molecule has 0 saturated carbocycles. The van der Waals surface area contributed by atoms with Crippen LogP contribution in [0.15, 0.2) is 35.6 Å². The van der Waals surface area contributed by atoms with Gasteiger partial charge in [0, 0.05) is 63.6 Å². The van der Waals surface area contributed by atoms with E-state index in [1.807, 2.05) is 0 Å².